The van der Waals surface area contributed by atoms with Crippen LogP contribution in [0.5, 0.6) is 11.5 Å². The number of benzene rings is 2. The van der Waals surface area contributed by atoms with Crippen molar-refractivity contribution in [3.8, 4) is 11.5 Å². The molecule has 3 rings (SSSR count). The minimum atomic E-state index is -0.0567. The molecular formula is C17H14O3S. The zero-order valence-corrected chi connectivity index (χ0v) is 12.6. The molecule has 106 valence electrons. The van der Waals surface area contributed by atoms with Crippen LogP contribution in [0.2, 0.25) is 0 Å². The average Bonchev–Trinajstić information content (AvgIpc) is 3.02. The molecule has 3 aromatic rings. The molecule has 1 aromatic heterocycles. The lowest BCUT2D eigenvalue weighted by molar-refractivity contribution is 0.103. The number of rotatable bonds is 4. The van der Waals surface area contributed by atoms with E-state index in [0.29, 0.717) is 22.6 Å². The molecule has 4 heteroatoms. The molecule has 0 N–H and O–H groups in total. The Morgan fingerprint density at radius 1 is 1.00 bits per heavy atom. The maximum Gasteiger partial charge on any atom is 0.198 e. The van der Waals surface area contributed by atoms with Gasteiger partial charge in [0.05, 0.1) is 19.8 Å². The largest absolute Gasteiger partial charge is 0.497 e. The van der Waals surface area contributed by atoms with Gasteiger partial charge >= 0.3 is 0 Å². The first kappa shape index (κ1) is 13.6. The van der Waals surface area contributed by atoms with Crippen LogP contribution in [0.3, 0.4) is 0 Å². The first-order chi connectivity index (χ1) is 10.2. The van der Waals surface area contributed by atoms with Crippen molar-refractivity contribution in [3.63, 3.8) is 0 Å². The molecule has 2 aromatic carbocycles. The number of ether oxygens (including phenoxy) is 2. The Kier molecular flexibility index (Phi) is 3.62. The molecule has 0 bridgehead atoms. The first-order valence-corrected chi connectivity index (χ1v) is 7.35. The lowest BCUT2D eigenvalue weighted by Gasteiger charge is -2.10. The number of carbonyl (C=O) groups excluding carboxylic acids is 1. The molecule has 1 heterocycles. The van der Waals surface area contributed by atoms with Crippen molar-refractivity contribution in [2.45, 2.75) is 0 Å². The minimum absolute atomic E-state index is 0.0567. The average molecular weight is 298 g/mol. The molecule has 0 spiro atoms. The van der Waals surface area contributed by atoms with Gasteiger partial charge in [0.25, 0.3) is 0 Å². The number of hydrogen-bond donors (Lipinski definition) is 0. The van der Waals surface area contributed by atoms with Gasteiger partial charge in [0.15, 0.2) is 5.78 Å². The molecule has 0 aliphatic rings. The van der Waals surface area contributed by atoms with Crippen LogP contribution in [0.4, 0.5) is 0 Å². The second-order valence-electron chi connectivity index (χ2n) is 4.54. The lowest BCUT2D eigenvalue weighted by atomic mass is 10.0. The monoisotopic (exact) mass is 298 g/mol. The normalized spacial score (nSPS) is 10.6. The van der Waals surface area contributed by atoms with Crippen molar-refractivity contribution in [1.29, 1.82) is 0 Å². The maximum absolute atomic E-state index is 12.9. The molecule has 0 atom stereocenters. The number of carbonyl (C=O) groups is 1. The summed E-state index contributed by atoms with van der Waals surface area (Å²) in [7, 11) is 3.14. The van der Waals surface area contributed by atoms with Crippen molar-refractivity contribution in [1.82, 2.24) is 0 Å². The Bertz CT molecular complexity index is 805. The SMILES string of the molecule is COc1ccc(OC)c(C(=O)c2cccc3ccsc23)c1. The Morgan fingerprint density at radius 2 is 1.86 bits per heavy atom. The molecule has 0 aliphatic carbocycles. The topological polar surface area (TPSA) is 35.5 Å². The van der Waals surface area contributed by atoms with E-state index in [9.17, 15) is 4.79 Å². The van der Waals surface area contributed by atoms with Crippen molar-refractivity contribution >= 4 is 27.2 Å². The second-order valence-corrected chi connectivity index (χ2v) is 5.46. The summed E-state index contributed by atoms with van der Waals surface area (Å²) in [5.74, 6) is 1.13. The summed E-state index contributed by atoms with van der Waals surface area (Å²) in [5.41, 5.74) is 1.20. The van der Waals surface area contributed by atoms with Gasteiger partial charge in [0.2, 0.25) is 0 Å². The molecule has 0 saturated heterocycles. The van der Waals surface area contributed by atoms with Crippen LogP contribution in [0.25, 0.3) is 10.1 Å². The second kappa shape index (κ2) is 5.58. The molecule has 0 aliphatic heterocycles. The third kappa shape index (κ3) is 2.38. The predicted molar refractivity (Wildman–Crippen MR) is 84.8 cm³/mol. The van der Waals surface area contributed by atoms with E-state index >= 15 is 0 Å². The molecule has 3 nitrogen and oxygen atoms in total. The van der Waals surface area contributed by atoms with Crippen LogP contribution in [-0.4, -0.2) is 20.0 Å². The Hall–Kier alpha value is -2.33. The molecule has 0 amide bonds. The van der Waals surface area contributed by atoms with Crippen LogP contribution >= 0.6 is 11.3 Å². The van der Waals surface area contributed by atoms with Crippen molar-refractivity contribution in [2.75, 3.05) is 14.2 Å². The summed E-state index contributed by atoms with van der Waals surface area (Å²) in [5, 5.41) is 3.07. The summed E-state index contributed by atoms with van der Waals surface area (Å²) in [4.78, 5) is 12.9. The van der Waals surface area contributed by atoms with E-state index in [2.05, 4.69) is 0 Å². The Balaban J connectivity index is 2.16. The van der Waals surface area contributed by atoms with Gasteiger partial charge in [-0.2, -0.15) is 0 Å². The van der Waals surface area contributed by atoms with Crippen LogP contribution in [-0.2, 0) is 0 Å². The highest BCUT2D eigenvalue weighted by molar-refractivity contribution is 7.17. The van der Waals surface area contributed by atoms with E-state index in [4.69, 9.17) is 9.47 Å². The highest BCUT2D eigenvalue weighted by atomic mass is 32.1. The molecule has 0 saturated carbocycles. The number of thiophene rings is 1. The van der Waals surface area contributed by atoms with Gasteiger partial charge in [0, 0.05) is 10.3 Å². The summed E-state index contributed by atoms with van der Waals surface area (Å²) in [6, 6.07) is 13.0. The van der Waals surface area contributed by atoms with Gasteiger partial charge < -0.3 is 9.47 Å². The zero-order valence-electron chi connectivity index (χ0n) is 11.8. The van der Waals surface area contributed by atoms with E-state index in [1.807, 2.05) is 29.6 Å². The smallest absolute Gasteiger partial charge is 0.198 e. The first-order valence-electron chi connectivity index (χ1n) is 6.47. The predicted octanol–water partition coefficient (Wildman–Crippen LogP) is 4.15. The minimum Gasteiger partial charge on any atom is -0.497 e. The quantitative estimate of drug-likeness (QED) is 0.679. The number of methoxy groups -OCH3 is 2. The fourth-order valence-corrected chi connectivity index (χ4v) is 3.22. The third-order valence-electron chi connectivity index (χ3n) is 3.37. The molecule has 0 fully saturated rings. The summed E-state index contributed by atoms with van der Waals surface area (Å²) in [6.45, 7) is 0. The van der Waals surface area contributed by atoms with Gasteiger partial charge in [-0.25, -0.2) is 0 Å². The van der Waals surface area contributed by atoms with Gasteiger partial charge in [-0.05, 0) is 41.1 Å². The summed E-state index contributed by atoms with van der Waals surface area (Å²) < 4.78 is 11.5. The third-order valence-corrected chi connectivity index (χ3v) is 4.34. The number of fused-ring (bicyclic) bond motifs is 1. The van der Waals surface area contributed by atoms with Gasteiger partial charge in [-0.15, -0.1) is 11.3 Å². The van der Waals surface area contributed by atoms with E-state index in [1.54, 1.807) is 43.8 Å². The fraction of sp³-hybridized carbons (Fsp3) is 0.118. The van der Waals surface area contributed by atoms with Crippen molar-refractivity contribution in [3.05, 3.63) is 59.0 Å². The van der Waals surface area contributed by atoms with Gasteiger partial charge in [-0.1, -0.05) is 12.1 Å². The highest BCUT2D eigenvalue weighted by Crippen LogP contribution is 2.31. The van der Waals surface area contributed by atoms with E-state index in [-0.39, 0.29) is 5.78 Å². The number of ketones is 1. The van der Waals surface area contributed by atoms with Crippen LogP contribution in [0.15, 0.2) is 47.8 Å². The zero-order chi connectivity index (χ0) is 14.8. The van der Waals surface area contributed by atoms with Gasteiger partial charge in [-0.3, -0.25) is 4.79 Å². The Morgan fingerprint density at radius 3 is 2.62 bits per heavy atom. The van der Waals surface area contributed by atoms with Crippen molar-refractivity contribution < 1.29 is 14.3 Å². The van der Waals surface area contributed by atoms with Crippen LogP contribution in [0, 0.1) is 0 Å². The van der Waals surface area contributed by atoms with E-state index < -0.39 is 0 Å². The standard InChI is InChI=1S/C17H14O3S/c1-19-12-6-7-15(20-2)14(10-12)16(18)13-5-3-4-11-8-9-21-17(11)13/h3-10H,1-2H3. The molecule has 21 heavy (non-hydrogen) atoms. The summed E-state index contributed by atoms with van der Waals surface area (Å²) >= 11 is 1.57. The van der Waals surface area contributed by atoms with Crippen LogP contribution in [0.1, 0.15) is 15.9 Å². The fourth-order valence-electron chi connectivity index (χ4n) is 2.31. The molecule has 0 radical (unpaired) electrons. The maximum atomic E-state index is 12.9. The molecule has 0 unspecified atom stereocenters. The van der Waals surface area contributed by atoms with Crippen LogP contribution < -0.4 is 9.47 Å². The summed E-state index contributed by atoms with van der Waals surface area (Å²) in [6.07, 6.45) is 0. The lowest BCUT2D eigenvalue weighted by Crippen LogP contribution is -2.04. The van der Waals surface area contributed by atoms with Gasteiger partial charge in [0.1, 0.15) is 11.5 Å². The van der Waals surface area contributed by atoms with Crippen molar-refractivity contribution in [2.24, 2.45) is 0 Å². The Labute approximate surface area is 126 Å². The highest BCUT2D eigenvalue weighted by Gasteiger charge is 2.18. The van der Waals surface area contributed by atoms with E-state index in [0.717, 1.165) is 10.1 Å². The van der Waals surface area contributed by atoms with E-state index in [1.165, 1.54) is 0 Å². The number of hydrogen-bond acceptors (Lipinski definition) is 4. The molecular weight excluding hydrogens is 284 g/mol.